The second-order valence-electron chi connectivity index (χ2n) is 5.23. The molecule has 0 radical (unpaired) electrons. The van der Waals surface area contributed by atoms with Crippen molar-refractivity contribution in [3.63, 3.8) is 0 Å². The van der Waals surface area contributed by atoms with Crippen LogP contribution in [0, 0.1) is 0 Å². The van der Waals surface area contributed by atoms with Crippen molar-refractivity contribution in [3.05, 3.63) is 58.7 Å². The molecule has 0 spiro atoms. The lowest BCUT2D eigenvalue weighted by Crippen LogP contribution is -2.35. The Hall–Kier alpha value is -2.49. The van der Waals surface area contributed by atoms with Crippen molar-refractivity contribution in [3.8, 4) is 11.5 Å². The smallest absolute Gasteiger partial charge is 0.255 e. The quantitative estimate of drug-likeness (QED) is 0.719. The monoisotopic (exact) mass is 267 g/mol. The highest BCUT2D eigenvalue weighted by molar-refractivity contribution is 6.00. The summed E-state index contributed by atoms with van der Waals surface area (Å²) in [5, 5.41) is 20.2. The molecule has 2 aromatic carbocycles. The summed E-state index contributed by atoms with van der Waals surface area (Å²) in [6.45, 7) is 0.558. The van der Waals surface area contributed by atoms with Gasteiger partial charge in [0.2, 0.25) is 0 Å². The number of carbonyl (C=O) groups excluding carboxylic acids is 1. The Labute approximate surface area is 115 Å². The third kappa shape index (κ3) is 1.28. The fourth-order valence-electron chi connectivity index (χ4n) is 3.35. The number of hydrogen-bond donors (Lipinski definition) is 2. The number of rotatable bonds is 0. The summed E-state index contributed by atoms with van der Waals surface area (Å²) in [7, 11) is 0. The molecule has 2 heterocycles. The summed E-state index contributed by atoms with van der Waals surface area (Å²) in [5.74, 6) is 0.324. The topological polar surface area (TPSA) is 60.8 Å². The fraction of sp³-hybridized carbons (Fsp3) is 0.188. The van der Waals surface area contributed by atoms with Crippen LogP contribution in [0.1, 0.15) is 33.1 Å². The molecule has 0 saturated carbocycles. The van der Waals surface area contributed by atoms with Crippen molar-refractivity contribution in [1.82, 2.24) is 4.90 Å². The minimum Gasteiger partial charge on any atom is -0.508 e. The van der Waals surface area contributed by atoms with E-state index in [9.17, 15) is 15.0 Å². The molecule has 100 valence electrons. The zero-order valence-corrected chi connectivity index (χ0v) is 10.7. The van der Waals surface area contributed by atoms with E-state index >= 15 is 0 Å². The van der Waals surface area contributed by atoms with Crippen molar-refractivity contribution in [1.29, 1.82) is 0 Å². The molecule has 2 aromatic rings. The maximum atomic E-state index is 12.4. The number of aromatic hydroxyl groups is 2. The number of phenols is 2. The molecule has 0 aromatic heterocycles. The van der Waals surface area contributed by atoms with Gasteiger partial charge in [-0.3, -0.25) is 4.79 Å². The lowest BCUT2D eigenvalue weighted by Gasteiger charge is -2.33. The molecular formula is C16H13NO3. The normalized spacial score (nSPS) is 19.5. The number of carbonyl (C=O) groups is 1. The van der Waals surface area contributed by atoms with Gasteiger partial charge in [-0.15, -0.1) is 0 Å². The van der Waals surface area contributed by atoms with Gasteiger partial charge in [-0.2, -0.15) is 0 Å². The predicted octanol–water partition coefficient (Wildman–Crippen LogP) is 2.20. The Kier molecular flexibility index (Phi) is 2.13. The van der Waals surface area contributed by atoms with Crippen molar-refractivity contribution < 1.29 is 15.0 Å². The Morgan fingerprint density at radius 3 is 2.65 bits per heavy atom. The largest absolute Gasteiger partial charge is 0.508 e. The standard InChI is InChI=1S/C16H13NO3/c18-12-5-6-13(19)14-11(12)7-8-17-15(14)9-3-1-2-4-10(9)16(17)20/h1-6,15,18-19H,7-8H2. The van der Waals surface area contributed by atoms with Crippen LogP contribution in [0.2, 0.25) is 0 Å². The molecule has 0 bridgehead atoms. The van der Waals surface area contributed by atoms with Gasteiger partial charge < -0.3 is 15.1 Å². The number of hydrogen-bond acceptors (Lipinski definition) is 3. The van der Waals surface area contributed by atoms with E-state index in [0.717, 1.165) is 11.1 Å². The average molecular weight is 267 g/mol. The maximum absolute atomic E-state index is 12.4. The van der Waals surface area contributed by atoms with E-state index in [-0.39, 0.29) is 23.4 Å². The second-order valence-corrected chi connectivity index (χ2v) is 5.23. The maximum Gasteiger partial charge on any atom is 0.255 e. The van der Waals surface area contributed by atoms with Gasteiger partial charge in [0, 0.05) is 23.2 Å². The van der Waals surface area contributed by atoms with E-state index in [1.165, 1.54) is 12.1 Å². The molecule has 1 atom stereocenters. The highest BCUT2D eigenvalue weighted by Gasteiger charge is 2.42. The first-order valence-electron chi connectivity index (χ1n) is 6.62. The first-order valence-corrected chi connectivity index (χ1v) is 6.62. The molecular weight excluding hydrogens is 254 g/mol. The molecule has 0 saturated heterocycles. The van der Waals surface area contributed by atoms with Crippen LogP contribution in [-0.4, -0.2) is 27.6 Å². The van der Waals surface area contributed by atoms with Gasteiger partial charge >= 0.3 is 0 Å². The molecule has 4 nitrogen and oxygen atoms in total. The average Bonchev–Trinajstić information content (AvgIpc) is 2.77. The molecule has 20 heavy (non-hydrogen) atoms. The lowest BCUT2D eigenvalue weighted by molar-refractivity contribution is 0.0737. The summed E-state index contributed by atoms with van der Waals surface area (Å²) in [5.41, 5.74) is 3.00. The number of phenolic OH excluding ortho intramolecular Hbond substituents is 2. The minimum absolute atomic E-state index is 0.000933. The van der Waals surface area contributed by atoms with Crippen LogP contribution in [0.15, 0.2) is 36.4 Å². The number of benzene rings is 2. The van der Waals surface area contributed by atoms with Crippen LogP contribution in [-0.2, 0) is 6.42 Å². The Morgan fingerprint density at radius 2 is 1.80 bits per heavy atom. The second kappa shape index (κ2) is 3.76. The van der Waals surface area contributed by atoms with Crippen LogP contribution in [0.25, 0.3) is 0 Å². The lowest BCUT2D eigenvalue weighted by atomic mass is 9.88. The number of fused-ring (bicyclic) bond motifs is 5. The van der Waals surface area contributed by atoms with Crippen molar-refractivity contribution in [2.75, 3.05) is 6.54 Å². The molecule has 2 aliphatic rings. The van der Waals surface area contributed by atoms with E-state index in [0.29, 0.717) is 24.1 Å². The summed E-state index contributed by atoms with van der Waals surface area (Å²) in [4.78, 5) is 14.2. The van der Waals surface area contributed by atoms with Crippen LogP contribution >= 0.6 is 0 Å². The summed E-state index contributed by atoms with van der Waals surface area (Å²) < 4.78 is 0. The fourth-order valence-corrected chi connectivity index (χ4v) is 3.35. The van der Waals surface area contributed by atoms with E-state index in [2.05, 4.69) is 0 Å². The molecule has 0 fully saturated rings. The van der Waals surface area contributed by atoms with Crippen LogP contribution in [0.3, 0.4) is 0 Å². The zero-order chi connectivity index (χ0) is 13.9. The van der Waals surface area contributed by atoms with E-state index < -0.39 is 0 Å². The Bertz CT molecular complexity index is 738. The highest BCUT2D eigenvalue weighted by Crippen LogP contribution is 2.47. The third-order valence-electron chi connectivity index (χ3n) is 4.24. The van der Waals surface area contributed by atoms with Gasteiger partial charge in [0.25, 0.3) is 5.91 Å². The molecule has 4 heteroatoms. The molecule has 0 aliphatic carbocycles. The van der Waals surface area contributed by atoms with Gasteiger partial charge in [-0.1, -0.05) is 18.2 Å². The van der Waals surface area contributed by atoms with Crippen molar-refractivity contribution in [2.24, 2.45) is 0 Å². The first kappa shape index (κ1) is 11.3. The van der Waals surface area contributed by atoms with Gasteiger partial charge in [-0.05, 0) is 30.2 Å². The molecule has 1 unspecified atom stereocenters. The van der Waals surface area contributed by atoms with Crippen LogP contribution < -0.4 is 0 Å². The number of amides is 1. The van der Waals surface area contributed by atoms with Gasteiger partial charge in [0.1, 0.15) is 11.5 Å². The van der Waals surface area contributed by atoms with Crippen LogP contribution in [0.4, 0.5) is 0 Å². The van der Waals surface area contributed by atoms with Gasteiger partial charge in [-0.25, -0.2) is 0 Å². The highest BCUT2D eigenvalue weighted by atomic mass is 16.3. The van der Waals surface area contributed by atoms with Gasteiger partial charge in [0.15, 0.2) is 0 Å². The molecule has 2 aliphatic heterocycles. The summed E-state index contributed by atoms with van der Waals surface area (Å²) in [6, 6.07) is 10.2. The van der Waals surface area contributed by atoms with Crippen LogP contribution in [0.5, 0.6) is 11.5 Å². The minimum atomic E-state index is -0.283. The molecule has 4 rings (SSSR count). The SMILES string of the molecule is O=C1c2ccccc2C2c3c(O)ccc(O)c3CCN12. The van der Waals surface area contributed by atoms with Crippen molar-refractivity contribution >= 4 is 5.91 Å². The van der Waals surface area contributed by atoms with E-state index in [1.807, 2.05) is 24.3 Å². The third-order valence-corrected chi connectivity index (χ3v) is 4.24. The van der Waals surface area contributed by atoms with E-state index in [1.54, 1.807) is 4.90 Å². The number of nitrogens with zero attached hydrogens (tertiary/aromatic N) is 1. The summed E-state index contributed by atoms with van der Waals surface area (Å²) >= 11 is 0. The van der Waals surface area contributed by atoms with Crippen molar-refractivity contribution in [2.45, 2.75) is 12.5 Å². The molecule has 1 amide bonds. The van der Waals surface area contributed by atoms with E-state index in [4.69, 9.17) is 0 Å². The predicted molar refractivity (Wildman–Crippen MR) is 72.8 cm³/mol. The zero-order valence-electron chi connectivity index (χ0n) is 10.7. The Morgan fingerprint density at radius 1 is 1.05 bits per heavy atom. The Balaban J connectivity index is 2.01. The summed E-state index contributed by atoms with van der Waals surface area (Å²) in [6.07, 6.45) is 0.561. The van der Waals surface area contributed by atoms with Gasteiger partial charge in [0.05, 0.1) is 6.04 Å². The molecule has 2 N–H and O–H groups in total. The first-order chi connectivity index (χ1) is 9.68.